The molecule has 0 aliphatic carbocycles. The van der Waals surface area contributed by atoms with Crippen molar-refractivity contribution in [1.29, 1.82) is 0 Å². The lowest BCUT2D eigenvalue weighted by Crippen LogP contribution is -2.51. The largest absolute Gasteiger partial charge is 0.468 e. The monoisotopic (exact) mass is 559 g/mol. The first-order valence-corrected chi connectivity index (χ1v) is 14.6. The summed E-state index contributed by atoms with van der Waals surface area (Å²) in [5, 5.41) is 3.40. The number of aromatic amines is 1. The summed E-state index contributed by atoms with van der Waals surface area (Å²) in [4.78, 5) is 36.4. The third-order valence-electron chi connectivity index (χ3n) is 6.19. The molecule has 13 heteroatoms. The van der Waals surface area contributed by atoms with E-state index < -0.39 is 16.0 Å². The highest BCUT2D eigenvalue weighted by Crippen LogP contribution is 2.35. The molecule has 1 amide bonds. The van der Waals surface area contributed by atoms with Crippen LogP contribution in [0.1, 0.15) is 4.88 Å². The van der Waals surface area contributed by atoms with Gasteiger partial charge in [-0.2, -0.15) is 0 Å². The normalized spacial score (nSPS) is 14.9. The summed E-state index contributed by atoms with van der Waals surface area (Å²) in [6, 6.07) is 10.8. The number of benzene rings is 1. The number of aromatic nitrogens is 2. The number of carbonyl (C=O) groups excluding carboxylic acids is 2. The van der Waals surface area contributed by atoms with Crippen LogP contribution in [-0.2, 0) is 30.9 Å². The summed E-state index contributed by atoms with van der Waals surface area (Å²) >= 11 is 2.70. The van der Waals surface area contributed by atoms with Gasteiger partial charge in [-0.1, -0.05) is 18.2 Å². The van der Waals surface area contributed by atoms with Crippen LogP contribution in [0.3, 0.4) is 0 Å². The Morgan fingerprint density at radius 2 is 2.08 bits per heavy atom. The Hall–Kier alpha value is -3.26. The molecule has 5 rings (SSSR count). The van der Waals surface area contributed by atoms with Crippen molar-refractivity contribution in [3.05, 3.63) is 52.9 Å². The minimum atomic E-state index is -3.67. The van der Waals surface area contributed by atoms with Crippen molar-refractivity contribution in [2.24, 2.45) is 0 Å². The lowest BCUT2D eigenvalue weighted by molar-refractivity contribution is -0.149. The molecule has 0 bridgehead atoms. The lowest BCUT2D eigenvalue weighted by Gasteiger charge is -2.33. The fourth-order valence-corrected chi connectivity index (χ4v) is 7.49. The third kappa shape index (κ3) is 5.12. The number of thiophene rings is 1. The molecule has 0 atom stereocenters. The van der Waals surface area contributed by atoms with Crippen LogP contribution in [-0.4, -0.2) is 80.4 Å². The number of thiazole rings is 1. The van der Waals surface area contributed by atoms with Crippen molar-refractivity contribution in [1.82, 2.24) is 19.8 Å². The molecule has 1 saturated heterocycles. The van der Waals surface area contributed by atoms with Crippen LogP contribution in [0.15, 0.2) is 52.2 Å². The van der Waals surface area contributed by atoms with E-state index in [-0.39, 0.29) is 23.2 Å². The number of nitrogens with zero attached hydrogens (tertiary/aromatic N) is 4. The van der Waals surface area contributed by atoms with E-state index in [1.165, 1.54) is 39.0 Å². The second kappa shape index (κ2) is 10.2. The standard InChI is InChI=1S/C24H25N5O5S3/c1-27(37(32,33)22-7-4-10-35-22)19-6-3-5-16-11-18(26-23(16)19)24-25-12-17(36-24)13-28-8-9-29(20(30)14-28)15-21(31)34-2/h3-7,10-12,26H,8-9,13-15H2,1-2H3. The van der Waals surface area contributed by atoms with Crippen molar-refractivity contribution in [2.75, 3.05) is 44.6 Å². The van der Waals surface area contributed by atoms with Gasteiger partial charge in [0.05, 0.1) is 30.6 Å². The van der Waals surface area contributed by atoms with Gasteiger partial charge in [0.25, 0.3) is 10.0 Å². The van der Waals surface area contributed by atoms with Gasteiger partial charge in [0.2, 0.25) is 5.91 Å². The molecule has 0 unspecified atom stereocenters. The van der Waals surface area contributed by atoms with Gasteiger partial charge in [0.15, 0.2) is 0 Å². The second-order valence-corrected chi connectivity index (χ2v) is 12.8. The van der Waals surface area contributed by atoms with Crippen molar-refractivity contribution in [2.45, 2.75) is 10.8 Å². The first kappa shape index (κ1) is 25.4. The zero-order valence-electron chi connectivity index (χ0n) is 20.2. The minimum absolute atomic E-state index is 0.0277. The molecule has 3 aromatic heterocycles. The number of carbonyl (C=O) groups is 2. The Balaban J connectivity index is 1.32. The predicted octanol–water partition coefficient (Wildman–Crippen LogP) is 3.00. The Morgan fingerprint density at radius 3 is 2.81 bits per heavy atom. The van der Waals surface area contributed by atoms with Gasteiger partial charge in [0, 0.05) is 43.1 Å². The maximum Gasteiger partial charge on any atom is 0.325 e. The van der Waals surface area contributed by atoms with E-state index in [9.17, 15) is 18.0 Å². The molecule has 1 N–H and O–H groups in total. The number of fused-ring (bicyclic) bond motifs is 1. The van der Waals surface area contributed by atoms with Crippen molar-refractivity contribution >= 4 is 61.2 Å². The highest BCUT2D eigenvalue weighted by molar-refractivity contribution is 7.94. The predicted molar refractivity (Wildman–Crippen MR) is 143 cm³/mol. The molecule has 0 radical (unpaired) electrons. The van der Waals surface area contributed by atoms with E-state index in [2.05, 4.69) is 14.7 Å². The van der Waals surface area contributed by atoms with Gasteiger partial charge in [0.1, 0.15) is 15.8 Å². The second-order valence-electron chi connectivity index (χ2n) is 8.56. The van der Waals surface area contributed by atoms with E-state index in [1.807, 2.05) is 23.1 Å². The van der Waals surface area contributed by atoms with Crippen LogP contribution in [0.4, 0.5) is 5.69 Å². The summed E-state index contributed by atoms with van der Waals surface area (Å²) in [7, 11) is -0.805. The molecule has 0 spiro atoms. The van der Waals surface area contributed by atoms with Crippen LogP contribution in [0.25, 0.3) is 21.6 Å². The average Bonchev–Trinajstić information content (AvgIpc) is 3.65. The summed E-state index contributed by atoms with van der Waals surface area (Å²) in [6.07, 6.45) is 1.80. The fourth-order valence-electron chi connectivity index (χ4n) is 4.20. The number of rotatable bonds is 8. The van der Waals surface area contributed by atoms with Crippen LogP contribution >= 0.6 is 22.7 Å². The number of para-hydroxylation sites is 1. The number of amides is 1. The molecule has 1 aliphatic rings. The molecule has 0 saturated carbocycles. The Kier molecular flexibility index (Phi) is 7.03. The lowest BCUT2D eigenvalue weighted by atomic mass is 10.2. The zero-order valence-corrected chi connectivity index (χ0v) is 22.7. The summed E-state index contributed by atoms with van der Waals surface area (Å²) in [5.41, 5.74) is 2.06. The number of esters is 1. The summed E-state index contributed by atoms with van der Waals surface area (Å²) in [5.74, 6) is -0.531. The number of piperazine rings is 1. The van der Waals surface area contributed by atoms with Gasteiger partial charge < -0.3 is 14.6 Å². The van der Waals surface area contributed by atoms with Crippen molar-refractivity contribution in [3.63, 3.8) is 0 Å². The number of sulfonamides is 1. The van der Waals surface area contributed by atoms with Gasteiger partial charge in [-0.25, -0.2) is 13.4 Å². The number of methoxy groups -OCH3 is 1. The summed E-state index contributed by atoms with van der Waals surface area (Å²) < 4.78 is 32.4. The first-order chi connectivity index (χ1) is 17.8. The number of hydrogen-bond acceptors (Lipinski definition) is 9. The van der Waals surface area contributed by atoms with Crippen LogP contribution in [0, 0.1) is 0 Å². The molecule has 4 aromatic rings. The van der Waals surface area contributed by atoms with E-state index in [1.54, 1.807) is 36.8 Å². The van der Waals surface area contributed by atoms with E-state index in [4.69, 9.17) is 0 Å². The van der Waals surface area contributed by atoms with Gasteiger partial charge >= 0.3 is 5.97 Å². The van der Waals surface area contributed by atoms with Gasteiger partial charge in [-0.15, -0.1) is 22.7 Å². The van der Waals surface area contributed by atoms with Crippen LogP contribution in [0.2, 0.25) is 0 Å². The fraction of sp³-hybridized carbons (Fsp3) is 0.292. The number of hydrogen-bond donors (Lipinski definition) is 1. The van der Waals surface area contributed by atoms with Crippen LogP contribution in [0.5, 0.6) is 0 Å². The summed E-state index contributed by atoms with van der Waals surface area (Å²) in [6.45, 7) is 1.89. The molecule has 10 nitrogen and oxygen atoms in total. The number of H-pyrrole nitrogens is 1. The Morgan fingerprint density at radius 1 is 1.24 bits per heavy atom. The first-order valence-electron chi connectivity index (χ1n) is 11.4. The topological polar surface area (TPSA) is 116 Å². The number of nitrogens with one attached hydrogen (secondary N) is 1. The Labute approximate surface area is 222 Å². The molecular weight excluding hydrogens is 534 g/mol. The van der Waals surface area contributed by atoms with Gasteiger partial charge in [-0.05, 0) is 23.6 Å². The van der Waals surface area contributed by atoms with E-state index in [0.717, 1.165) is 21.0 Å². The highest BCUT2D eigenvalue weighted by atomic mass is 32.2. The van der Waals surface area contributed by atoms with Crippen molar-refractivity contribution < 1.29 is 22.7 Å². The quantitative estimate of drug-likeness (QED) is 0.330. The highest BCUT2D eigenvalue weighted by Gasteiger charge is 2.27. The maximum atomic E-state index is 13.1. The molecule has 1 fully saturated rings. The van der Waals surface area contributed by atoms with Crippen molar-refractivity contribution in [3.8, 4) is 10.7 Å². The smallest absolute Gasteiger partial charge is 0.325 e. The molecule has 37 heavy (non-hydrogen) atoms. The van der Waals surface area contributed by atoms with E-state index >= 15 is 0 Å². The zero-order chi connectivity index (χ0) is 26.2. The molecule has 1 aliphatic heterocycles. The third-order valence-corrected chi connectivity index (χ3v) is 10.4. The molecule has 194 valence electrons. The molecule has 4 heterocycles. The number of ether oxygens (including phenoxy) is 1. The minimum Gasteiger partial charge on any atom is -0.468 e. The maximum absolute atomic E-state index is 13.1. The Bertz CT molecular complexity index is 1540. The molecular formula is C24H25N5O5S3. The average molecular weight is 560 g/mol. The molecule has 1 aromatic carbocycles. The van der Waals surface area contributed by atoms with Crippen LogP contribution < -0.4 is 4.31 Å². The SMILES string of the molecule is COC(=O)CN1CCN(Cc2cnc(-c3cc4cccc(N(C)S(=O)(=O)c5cccs5)c4[nH]3)s2)CC1=O. The van der Waals surface area contributed by atoms with Gasteiger partial charge in [-0.3, -0.25) is 18.8 Å². The van der Waals surface area contributed by atoms with E-state index in [0.29, 0.717) is 30.8 Å². The number of anilines is 1.